The summed E-state index contributed by atoms with van der Waals surface area (Å²) in [6.45, 7) is 0.456. The number of rotatable bonds is 4. The molecule has 2 aromatic heterocycles. The van der Waals surface area contributed by atoms with Gasteiger partial charge < -0.3 is 5.32 Å². The molecule has 3 aromatic rings. The summed E-state index contributed by atoms with van der Waals surface area (Å²) < 4.78 is 0. The maximum absolute atomic E-state index is 8.95. The molecule has 7 heteroatoms. The van der Waals surface area contributed by atoms with Crippen LogP contribution in [0.4, 0.5) is 5.82 Å². The number of aromatic nitrogens is 4. The Morgan fingerprint density at radius 2 is 1.90 bits per heavy atom. The molecule has 21 heavy (non-hydrogen) atoms. The second-order valence-electron chi connectivity index (χ2n) is 4.09. The van der Waals surface area contributed by atoms with E-state index in [0.29, 0.717) is 12.4 Å². The molecule has 0 fully saturated rings. The van der Waals surface area contributed by atoms with Gasteiger partial charge in [0.2, 0.25) is 0 Å². The zero-order valence-corrected chi connectivity index (χ0v) is 11.7. The molecule has 0 aliphatic rings. The molecule has 0 amide bonds. The van der Waals surface area contributed by atoms with E-state index in [1.54, 1.807) is 6.20 Å². The van der Waals surface area contributed by atoms with Crippen molar-refractivity contribution in [2.45, 2.75) is 6.54 Å². The number of benzene rings is 1. The van der Waals surface area contributed by atoms with Crippen LogP contribution in [0, 0.1) is 11.3 Å². The highest BCUT2D eigenvalue weighted by Crippen LogP contribution is 2.23. The largest absolute Gasteiger partial charge is 0.361 e. The highest BCUT2D eigenvalue weighted by Gasteiger charge is 2.08. The third-order valence-corrected chi connectivity index (χ3v) is 3.67. The standard InChI is InChI=1S/C14H10N6S/c15-8-11-13(17-7-6-16-11)18-9-12-19-20-14(21-12)10-4-2-1-3-5-10/h1-7H,9H2,(H,17,18). The molecule has 0 aliphatic heterocycles. The molecule has 0 saturated carbocycles. The van der Waals surface area contributed by atoms with E-state index in [2.05, 4.69) is 25.5 Å². The summed E-state index contributed by atoms with van der Waals surface area (Å²) >= 11 is 1.50. The smallest absolute Gasteiger partial charge is 0.182 e. The van der Waals surface area contributed by atoms with E-state index in [1.165, 1.54) is 17.5 Å². The van der Waals surface area contributed by atoms with Crippen LogP contribution in [0.15, 0.2) is 42.7 Å². The van der Waals surface area contributed by atoms with Gasteiger partial charge in [0.05, 0.1) is 6.54 Å². The molecule has 0 spiro atoms. The van der Waals surface area contributed by atoms with Crippen LogP contribution >= 0.6 is 11.3 Å². The Hall–Kier alpha value is -2.85. The molecule has 3 rings (SSSR count). The Morgan fingerprint density at radius 1 is 1.10 bits per heavy atom. The summed E-state index contributed by atoms with van der Waals surface area (Å²) in [5.74, 6) is 0.455. The Kier molecular flexibility index (Phi) is 3.80. The lowest BCUT2D eigenvalue weighted by molar-refractivity contribution is 0.979. The Bertz CT molecular complexity index is 777. The van der Waals surface area contributed by atoms with Crippen molar-refractivity contribution in [3.05, 3.63) is 53.4 Å². The van der Waals surface area contributed by atoms with E-state index in [1.807, 2.05) is 36.4 Å². The molecular formula is C14H10N6S. The summed E-state index contributed by atoms with van der Waals surface area (Å²) in [6, 6.07) is 11.9. The summed E-state index contributed by atoms with van der Waals surface area (Å²) in [4.78, 5) is 8.03. The van der Waals surface area contributed by atoms with Crippen molar-refractivity contribution >= 4 is 17.2 Å². The molecule has 2 heterocycles. The van der Waals surface area contributed by atoms with E-state index in [4.69, 9.17) is 5.26 Å². The molecule has 0 atom stereocenters. The van der Waals surface area contributed by atoms with Crippen molar-refractivity contribution in [1.82, 2.24) is 20.2 Å². The summed E-state index contributed by atoms with van der Waals surface area (Å²) in [6.07, 6.45) is 3.03. The first-order valence-corrected chi connectivity index (χ1v) is 7.01. The van der Waals surface area contributed by atoms with Gasteiger partial charge in [-0.25, -0.2) is 9.97 Å². The zero-order chi connectivity index (χ0) is 14.5. The second kappa shape index (κ2) is 6.07. The van der Waals surface area contributed by atoms with Crippen LogP contribution in [-0.2, 0) is 6.54 Å². The van der Waals surface area contributed by atoms with E-state index in [9.17, 15) is 0 Å². The van der Waals surface area contributed by atoms with Crippen molar-refractivity contribution in [2.24, 2.45) is 0 Å². The predicted molar refractivity (Wildman–Crippen MR) is 79.4 cm³/mol. The highest BCUT2D eigenvalue weighted by atomic mass is 32.1. The normalized spacial score (nSPS) is 10.0. The lowest BCUT2D eigenvalue weighted by Crippen LogP contribution is -2.04. The monoisotopic (exact) mass is 294 g/mol. The van der Waals surface area contributed by atoms with Gasteiger partial charge in [0.1, 0.15) is 16.1 Å². The number of nitriles is 1. The summed E-state index contributed by atoms with van der Waals surface area (Å²) in [5.41, 5.74) is 1.31. The van der Waals surface area contributed by atoms with Gasteiger partial charge in [-0.15, -0.1) is 10.2 Å². The lowest BCUT2D eigenvalue weighted by atomic mass is 10.2. The van der Waals surface area contributed by atoms with Gasteiger partial charge in [0, 0.05) is 18.0 Å². The fourth-order valence-electron chi connectivity index (χ4n) is 1.73. The maximum atomic E-state index is 8.95. The summed E-state index contributed by atoms with van der Waals surface area (Å²) in [5, 5.41) is 22.0. The van der Waals surface area contributed by atoms with Gasteiger partial charge in [0.25, 0.3) is 0 Å². The van der Waals surface area contributed by atoms with Crippen LogP contribution in [0.1, 0.15) is 10.7 Å². The number of nitrogens with one attached hydrogen (secondary N) is 1. The first-order valence-electron chi connectivity index (χ1n) is 6.19. The quantitative estimate of drug-likeness (QED) is 0.795. The van der Waals surface area contributed by atoms with Gasteiger partial charge in [0.15, 0.2) is 11.5 Å². The Balaban J connectivity index is 1.72. The highest BCUT2D eigenvalue weighted by molar-refractivity contribution is 7.14. The predicted octanol–water partition coefficient (Wildman–Crippen LogP) is 2.48. The Labute approximate surface area is 125 Å². The van der Waals surface area contributed by atoms with Crippen LogP contribution in [0.3, 0.4) is 0 Å². The summed E-state index contributed by atoms with van der Waals surface area (Å²) in [7, 11) is 0. The van der Waals surface area contributed by atoms with Crippen molar-refractivity contribution in [2.75, 3.05) is 5.32 Å². The number of hydrogen-bond acceptors (Lipinski definition) is 7. The molecule has 0 aliphatic carbocycles. The van der Waals surface area contributed by atoms with Gasteiger partial charge in [-0.05, 0) is 0 Å². The van der Waals surface area contributed by atoms with E-state index in [-0.39, 0.29) is 5.69 Å². The topological polar surface area (TPSA) is 87.4 Å². The average molecular weight is 294 g/mol. The average Bonchev–Trinajstić information content (AvgIpc) is 3.03. The molecular weight excluding hydrogens is 284 g/mol. The maximum Gasteiger partial charge on any atom is 0.182 e. The number of nitrogens with zero attached hydrogens (tertiary/aromatic N) is 5. The molecule has 0 unspecified atom stereocenters. The molecule has 102 valence electrons. The zero-order valence-electron chi connectivity index (χ0n) is 10.9. The molecule has 6 nitrogen and oxygen atoms in total. The van der Waals surface area contributed by atoms with Crippen molar-refractivity contribution in [1.29, 1.82) is 5.26 Å². The van der Waals surface area contributed by atoms with Crippen molar-refractivity contribution in [3.8, 4) is 16.6 Å². The van der Waals surface area contributed by atoms with Crippen LogP contribution in [0.2, 0.25) is 0 Å². The fourth-order valence-corrected chi connectivity index (χ4v) is 2.52. The van der Waals surface area contributed by atoms with Crippen molar-refractivity contribution in [3.63, 3.8) is 0 Å². The van der Waals surface area contributed by atoms with Crippen LogP contribution in [0.25, 0.3) is 10.6 Å². The van der Waals surface area contributed by atoms with Gasteiger partial charge in [-0.3, -0.25) is 0 Å². The van der Waals surface area contributed by atoms with Gasteiger partial charge >= 0.3 is 0 Å². The third kappa shape index (κ3) is 3.01. The van der Waals surface area contributed by atoms with E-state index in [0.717, 1.165) is 15.6 Å². The van der Waals surface area contributed by atoms with Crippen molar-refractivity contribution < 1.29 is 0 Å². The van der Waals surface area contributed by atoms with Crippen LogP contribution in [-0.4, -0.2) is 20.2 Å². The Morgan fingerprint density at radius 3 is 2.71 bits per heavy atom. The van der Waals surface area contributed by atoms with Gasteiger partial charge in [-0.2, -0.15) is 5.26 Å². The molecule has 0 radical (unpaired) electrons. The van der Waals surface area contributed by atoms with Crippen LogP contribution in [0.5, 0.6) is 0 Å². The molecule has 0 saturated heterocycles. The third-order valence-electron chi connectivity index (χ3n) is 2.70. The number of hydrogen-bond donors (Lipinski definition) is 1. The minimum atomic E-state index is 0.269. The fraction of sp³-hybridized carbons (Fsp3) is 0.0714. The first kappa shape index (κ1) is 13.1. The van der Waals surface area contributed by atoms with Gasteiger partial charge in [-0.1, -0.05) is 41.7 Å². The van der Waals surface area contributed by atoms with E-state index >= 15 is 0 Å². The van der Waals surface area contributed by atoms with E-state index < -0.39 is 0 Å². The minimum Gasteiger partial charge on any atom is -0.361 e. The molecule has 1 N–H and O–H groups in total. The lowest BCUT2D eigenvalue weighted by Gasteiger charge is -2.02. The molecule has 0 bridgehead atoms. The number of anilines is 1. The van der Waals surface area contributed by atoms with Crippen LogP contribution < -0.4 is 5.32 Å². The SMILES string of the molecule is N#Cc1nccnc1NCc1nnc(-c2ccccc2)s1. The molecule has 1 aromatic carbocycles. The first-order chi connectivity index (χ1) is 10.4. The minimum absolute atomic E-state index is 0.269. The second-order valence-corrected chi connectivity index (χ2v) is 5.15.